The first-order valence-corrected chi connectivity index (χ1v) is 6.94. The monoisotopic (exact) mass is 238 g/mol. The SMILES string of the molecule is O=C(NC1CCNC2(CCC2)C1)C1CCCO1. The summed E-state index contributed by atoms with van der Waals surface area (Å²) in [6.07, 6.45) is 7.78. The molecule has 0 aromatic heterocycles. The second-order valence-electron chi connectivity index (χ2n) is 5.76. The van der Waals surface area contributed by atoms with Gasteiger partial charge in [0.25, 0.3) is 0 Å². The summed E-state index contributed by atoms with van der Waals surface area (Å²) in [5.41, 5.74) is 0.354. The minimum absolute atomic E-state index is 0.115. The van der Waals surface area contributed by atoms with Gasteiger partial charge in [-0.05, 0) is 51.5 Å². The fraction of sp³-hybridized carbons (Fsp3) is 0.923. The lowest BCUT2D eigenvalue weighted by molar-refractivity contribution is -0.131. The lowest BCUT2D eigenvalue weighted by atomic mass is 9.70. The van der Waals surface area contributed by atoms with Gasteiger partial charge in [0.05, 0.1) is 0 Å². The Morgan fingerprint density at radius 3 is 2.82 bits per heavy atom. The van der Waals surface area contributed by atoms with Gasteiger partial charge >= 0.3 is 0 Å². The molecule has 2 aliphatic heterocycles. The number of nitrogens with one attached hydrogen (secondary N) is 2. The van der Waals surface area contributed by atoms with Gasteiger partial charge < -0.3 is 15.4 Å². The minimum Gasteiger partial charge on any atom is -0.368 e. The first-order chi connectivity index (χ1) is 8.27. The van der Waals surface area contributed by atoms with E-state index < -0.39 is 0 Å². The van der Waals surface area contributed by atoms with E-state index in [2.05, 4.69) is 10.6 Å². The Bertz CT molecular complexity index is 296. The fourth-order valence-corrected chi connectivity index (χ4v) is 3.34. The second kappa shape index (κ2) is 4.58. The first-order valence-electron chi connectivity index (χ1n) is 6.94. The third kappa shape index (κ3) is 2.33. The van der Waals surface area contributed by atoms with Crippen LogP contribution in [-0.4, -0.2) is 36.7 Å². The highest BCUT2D eigenvalue weighted by molar-refractivity contribution is 5.81. The quantitative estimate of drug-likeness (QED) is 0.753. The van der Waals surface area contributed by atoms with Crippen LogP contribution in [0, 0.1) is 0 Å². The van der Waals surface area contributed by atoms with Crippen LogP contribution in [0.3, 0.4) is 0 Å². The molecule has 3 fully saturated rings. The molecule has 2 atom stereocenters. The molecule has 2 saturated heterocycles. The molecule has 2 unspecified atom stereocenters. The predicted octanol–water partition coefficient (Wildman–Crippen LogP) is 0.956. The summed E-state index contributed by atoms with van der Waals surface area (Å²) < 4.78 is 5.42. The van der Waals surface area contributed by atoms with E-state index in [-0.39, 0.29) is 12.0 Å². The van der Waals surface area contributed by atoms with Gasteiger partial charge in [0.15, 0.2) is 0 Å². The average molecular weight is 238 g/mol. The summed E-state index contributed by atoms with van der Waals surface area (Å²) in [6.45, 7) is 1.78. The average Bonchev–Trinajstić information content (AvgIpc) is 2.81. The smallest absolute Gasteiger partial charge is 0.249 e. The van der Waals surface area contributed by atoms with Crippen LogP contribution >= 0.6 is 0 Å². The molecule has 2 N–H and O–H groups in total. The molecular weight excluding hydrogens is 216 g/mol. The van der Waals surface area contributed by atoms with Gasteiger partial charge in [-0.3, -0.25) is 4.79 Å². The fourth-order valence-electron chi connectivity index (χ4n) is 3.34. The summed E-state index contributed by atoms with van der Waals surface area (Å²) in [4.78, 5) is 12.0. The van der Waals surface area contributed by atoms with Crippen molar-refractivity contribution in [2.24, 2.45) is 0 Å². The number of hydrogen-bond donors (Lipinski definition) is 2. The molecular formula is C13H22N2O2. The molecule has 0 bridgehead atoms. The molecule has 1 aliphatic carbocycles. The van der Waals surface area contributed by atoms with Crippen LogP contribution in [0.15, 0.2) is 0 Å². The summed E-state index contributed by atoms with van der Waals surface area (Å²) in [5.74, 6) is 0.115. The summed E-state index contributed by atoms with van der Waals surface area (Å²) in [6, 6.07) is 0.355. The Morgan fingerprint density at radius 2 is 2.18 bits per heavy atom. The van der Waals surface area contributed by atoms with Crippen LogP contribution in [0.1, 0.15) is 44.9 Å². The Kier molecular flexibility index (Phi) is 3.09. The Balaban J connectivity index is 1.52. The molecule has 0 aromatic rings. The van der Waals surface area contributed by atoms with Crippen molar-refractivity contribution in [3.8, 4) is 0 Å². The highest BCUT2D eigenvalue weighted by Gasteiger charge is 2.41. The highest BCUT2D eigenvalue weighted by atomic mass is 16.5. The number of ether oxygens (including phenoxy) is 1. The zero-order valence-electron chi connectivity index (χ0n) is 10.3. The van der Waals surface area contributed by atoms with Crippen molar-refractivity contribution >= 4 is 5.91 Å². The molecule has 3 aliphatic rings. The maximum absolute atomic E-state index is 12.0. The number of hydrogen-bond acceptors (Lipinski definition) is 3. The Hall–Kier alpha value is -0.610. The minimum atomic E-state index is -0.178. The highest BCUT2D eigenvalue weighted by Crippen LogP contribution is 2.38. The van der Waals surface area contributed by atoms with Gasteiger partial charge in [0.1, 0.15) is 6.10 Å². The maximum Gasteiger partial charge on any atom is 0.249 e. The van der Waals surface area contributed by atoms with Crippen LogP contribution in [0.4, 0.5) is 0 Å². The van der Waals surface area contributed by atoms with Gasteiger partial charge in [-0.1, -0.05) is 0 Å². The third-order valence-electron chi connectivity index (χ3n) is 4.51. The van der Waals surface area contributed by atoms with Crippen LogP contribution in [-0.2, 0) is 9.53 Å². The van der Waals surface area contributed by atoms with E-state index in [0.717, 1.165) is 38.8 Å². The maximum atomic E-state index is 12.0. The summed E-state index contributed by atoms with van der Waals surface area (Å²) in [7, 11) is 0. The van der Waals surface area contributed by atoms with Crippen molar-refractivity contribution < 1.29 is 9.53 Å². The number of carbonyl (C=O) groups is 1. The van der Waals surface area contributed by atoms with Crippen LogP contribution in [0.25, 0.3) is 0 Å². The topological polar surface area (TPSA) is 50.4 Å². The number of carbonyl (C=O) groups excluding carboxylic acids is 1. The number of rotatable bonds is 2. The van der Waals surface area contributed by atoms with Crippen molar-refractivity contribution in [3.05, 3.63) is 0 Å². The molecule has 1 saturated carbocycles. The van der Waals surface area contributed by atoms with E-state index >= 15 is 0 Å². The van der Waals surface area contributed by atoms with Gasteiger partial charge in [-0.25, -0.2) is 0 Å². The van der Waals surface area contributed by atoms with E-state index in [1.54, 1.807) is 0 Å². The van der Waals surface area contributed by atoms with Crippen molar-refractivity contribution in [1.82, 2.24) is 10.6 Å². The molecule has 0 radical (unpaired) electrons. The van der Waals surface area contributed by atoms with E-state index in [1.165, 1.54) is 19.3 Å². The molecule has 17 heavy (non-hydrogen) atoms. The van der Waals surface area contributed by atoms with E-state index in [4.69, 9.17) is 4.74 Å². The standard InChI is InChI=1S/C13H22N2O2/c16-12(11-3-1-8-17-11)15-10-4-7-14-13(9-10)5-2-6-13/h10-11,14H,1-9H2,(H,15,16). The molecule has 1 amide bonds. The van der Waals surface area contributed by atoms with Gasteiger partial charge in [0, 0.05) is 18.2 Å². The summed E-state index contributed by atoms with van der Waals surface area (Å²) in [5, 5.41) is 6.80. The van der Waals surface area contributed by atoms with Crippen molar-refractivity contribution in [1.29, 1.82) is 0 Å². The van der Waals surface area contributed by atoms with Crippen molar-refractivity contribution in [2.45, 2.75) is 62.6 Å². The zero-order valence-corrected chi connectivity index (χ0v) is 10.3. The Morgan fingerprint density at radius 1 is 1.29 bits per heavy atom. The first kappa shape index (κ1) is 11.5. The largest absolute Gasteiger partial charge is 0.368 e. The lowest BCUT2D eigenvalue weighted by Gasteiger charge is -2.48. The molecule has 1 spiro atoms. The number of piperidine rings is 1. The second-order valence-corrected chi connectivity index (χ2v) is 5.76. The molecule has 3 rings (SSSR count). The molecule has 96 valence electrons. The normalized spacial score (nSPS) is 35.5. The van der Waals surface area contributed by atoms with Crippen LogP contribution < -0.4 is 10.6 Å². The van der Waals surface area contributed by atoms with Gasteiger partial charge in [-0.2, -0.15) is 0 Å². The molecule has 0 aromatic carbocycles. The zero-order chi connectivity index (χ0) is 11.7. The van der Waals surface area contributed by atoms with Gasteiger partial charge in [0.2, 0.25) is 5.91 Å². The lowest BCUT2D eigenvalue weighted by Crippen LogP contribution is -2.60. The molecule has 4 heteroatoms. The summed E-state index contributed by atoms with van der Waals surface area (Å²) >= 11 is 0. The van der Waals surface area contributed by atoms with Crippen LogP contribution in [0.2, 0.25) is 0 Å². The van der Waals surface area contributed by atoms with Crippen molar-refractivity contribution in [2.75, 3.05) is 13.2 Å². The van der Waals surface area contributed by atoms with E-state index in [0.29, 0.717) is 11.6 Å². The van der Waals surface area contributed by atoms with Crippen molar-refractivity contribution in [3.63, 3.8) is 0 Å². The molecule has 4 nitrogen and oxygen atoms in total. The Labute approximate surface area is 102 Å². The van der Waals surface area contributed by atoms with E-state index in [9.17, 15) is 4.79 Å². The van der Waals surface area contributed by atoms with Crippen LogP contribution in [0.5, 0.6) is 0 Å². The van der Waals surface area contributed by atoms with E-state index in [1.807, 2.05) is 0 Å². The molecule has 2 heterocycles. The number of amides is 1. The predicted molar refractivity (Wildman–Crippen MR) is 64.7 cm³/mol. The third-order valence-corrected chi connectivity index (χ3v) is 4.51. The van der Waals surface area contributed by atoms with Gasteiger partial charge in [-0.15, -0.1) is 0 Å².